The Morgan fingerprint density at radius 2 is 1.80 bits per heavy atom. The van der Waals surface area contributed by atoms with Gasteiger partial charge in [0.2, 0.25) is 0 Å². The van der Waals surface area contributed by atoms with Gasteiger partial charge in [-0.2, -0.15) is 0 Å². The number of hydrogen-bond acceptors (Lipinski definition) is 4. The Hall–Kier alpha value is -2.67. The average molecular weight is 459 g/mol. The van der Waals surface area contributed by atoms with E-state index in [0.29, 0.717) is 51.8 Å². The third kappa shape index (κ3) is 4.12. The van der Waals surface area contributed by atoms with E-state index in [2.05, 4.69) is 5.32 Å². The van der Waals surface area contributed by atoms with Gasteiger partial charge in [-0.05, 0) is 60.3 Å². The maximum absolute atomic E-state index is 13.1. The molecule has 0 aliphatic carbocycles. The van der Waals surface area contributed by atoms with Gasteiger partial charge < -0.3 is 10.2 Å². The lowest BCUT2D eigenvalue weighted by molar-refractivity contribution is 0.0975. The summed E-state index contributed by atoms with van der Waals surface area (Å²) in [5.74, 6) is -0.470. The zero-order valence-electron chi connectivity index (χ0n) is 15.7. The molecule has 5 nitrogen and oxygen atoms in total. The van der Waals surface area contributed by atoms with E-state index < -0.39 is 0 Å². The molecule has 2 heterocycles. The second kappa shape index (κ2) is 8.60. The lowest BCUT2D eigenvalue weighted by atomic mass is 10.1. The van der Waals surface area contributed by atoms with E-state index in [4.69, 9.17) is 23.2 Å². The van der Waals surface area contributed by atoms with Gasteiger partial charge in [-0.25, -0.2) is 0 Å². The Bertz CT molecular complexity index is 1140. The van der Waals surface area contributed by atoms with Gasteiger partial charge in [0.1, 0.15) is 0 Å². The molecule has 0 spiro atoms. The molecule has 152 valence electrons. The van der Waals surface area contributed by atoms with Crippen molar-refractivity contribution < 1.29 is 14.4 Å². The van der Waals surface area contributed by atoms with Crippen LogP contribution in [-0.2, 0) is 0 Å². The molecule has 1 aromatic heterocycles. The molecule has 0 unspecified atom stereocenters. The van der Waals surface area contributed by atoms with Crippen LogP contribution in [-0.4, -0.2) is 24.1 Å². The van der Waals surface area contributed by atoms with E-state index in [1.165, 1.54) is 17.4 Å². The Labute approximate surface area is 187 Å². The number of hydrogen-bond donors (Lipinski definition) is 1. The van der Waals surface area contributed by atoms with Gasteiger partial charge in [0.25, 0.3) is 11.8 Å². The average Bonchev–Trinajstić information content (AvgIpc) is 3.15. The van der Waals surface area contributed by atoms with Crippen LogP contribution in [0.4, 0.5) is 11.4 Å². The summed E-state index contributed by atoms with van der Waals surface area (Å²) in [5.41, 5.74) is 1.98. The number of amides is 2. The Morgan fingerprint density at radius 1 is 1.03 bits per heavy atom. The van der Waals surface area contributed by atoms with Crippen LogP contribution in [0.1, 0.15) is 43.2 Å². The zero-order valence-corrected chi connectivity index (χ0v) is 18.0. The number of fused-ring (bicyclic) bond motifs is 1. The Kier molecular flexibility index (Phi) is 5.90. The molecular formula is C22H16Cl2N2O3S. The maximum Gasteiger partial charge on any atom is 0.258 e. The van der Waals surface area contributed by atoms with Crippen molar-refractivity contribution in [2.24, 2.45) is 0 Å². The first-order valence-electron chi connectivity index (χ1n) is 9.23. The first kappa shape index (κ1) is 20.6. The SMILES string of the molecule is O=C(Nc1ccc(C(=O)N2CCCC(=O)c3sccc32)cc1)c1ccc(Cl)cc1Cl. The highest BCUT2D eigenvalue weighted by Gasteiger charge is 2.27. The molecule has 1 aliphatic heterocycles. The molecule has 0 fully saturated rings. The van der Waals surface area contributed by atoms with E-state index in [9.17, 15) is 14.4 Å². The number of thiophene rings is 1. The second-order valence-electron chi connectivity index (χ2n) is 6.77. The molecule has 2 aromatic carbocycles. The van der Waals surface area contributed by atoms with E-state index >= 15 is 0 Å². The van der Waals surface area contributed by atoms with Crippen LogP contribution in [0.2, 0.25) is 10.0 Å². The van der Waals surface area contributed by atoms with E-state index in [1.807, 2.05) is 11.4 Å². The van der Waals surface area contributed by atoms with Gasteiger partial charge >= 0.3 is 0 Å². The number of nitrogens with zero attached hydrogens (tertiary/aromatic N) is 1. The minimum Gasteiger partial charge on any atom is -0.322 e. The molecule has 0 bridgehead atoms. The number of carbonyl (C=O) groups excluding carboxylic acids is 3. The van der Waals surface area contributed by atoms with Gasteiger partial charge in [-0.15, -0.1) is 11.3 Å². The van der Waals surface area contributed by atoms with Crippen LogP contribution in [0.15, 0.2) is 53.9 Å². The van der Waals surface area contributed by atoms with Crippen LogP contribution in [0.25, 0.3) is 0 Å². The number of carbonyl (C=O) groups is 3. The summed E-state index contributed by atoms with van der Waals surface area (Å²) < 4.78 is 0. The number of anilines is 2. The van der Waals surface area contributed by atoms with E-state index in [-0.39, 0.29) is 22.6 Å². The summed E-state index contributed by atoms with van der Waals surface area (Å²) in [6.07, 6.45) is 1.07. The summed E-state index contributed by atoms with van der Waals surface area (Å²) >= 11 is 13.3. The molecule has 0 radical (unpaired) electrons. The van der Waals surface area contributed by atoms with Crippen molar-refractivity contribution >= 4 is 63.5 Å². The normalized spacial score (nSPS) is 13.5. The maximum atomic E-state index is 13.1. The van der Waals surface area contributed by atoms with Crippen molar-refractivity contribution in [3.05, 3.63) is 80.0 Å². The fourth-order valence-corrected chi connectivity index (χ4v) is 4.65. The topological polar surface area (TPSA) is 66.5 Å². The number of benzene rings is 2. The number of ketones is 1. The van der Waals surface area contributed by atoms with E-state index in [1.54, 1.807) is 41.3 Å². The monoisotopic (exact) mass is 458 g/mol. The van der Waals surface area contributed by atoms with Crippen molar-refractivity contribution in [3.8, 4) is 0 Å². The first-order chi connectivity index (χ1) is 14.4. The van der Waals surface area contributed by atoms with Crippen LogP contribution in [0, 0.1) is 0 Å². The van der Waals surface area contributed by atoms with Crippen molar-refractivity contribution in [2.45, 2.75) is 12.8 Å². The van der Waals surface area contributed by atoms with Crippen LogP contribution < -0.4 is 10.2 Å². The quantitative estimate of drug-likeness (QED) is 0.528. The largest absolute Gasteiger partial charge is 0.322 e. The number of Topliss-reactive ketones (excluding diaryl/α,β-unsaturated/α-hetero) is 1. The molecule has 4 rings (SSSR count). The number of halogens is 2. The molecule has 2 amide bonds. The summed E-state index contributed by atoms with van der Waals surface area (Å²) in [7, 11) is 0. The molecule has 0 saturated carbocycles. The lowest BCUT2D eigenvalue weighted by Crippen LogP contribution is -2.31. The van der Waals surface area contributed by atoms with Gasteiger partial charge in [0.05, 0.1) is 21.2 Å². The molecule has 8 heteroatoms. The Morgan fingerprint density at radius 3 is 2.53 bits per heavy atom. The number of nitrogens with one attached hydrogen (secondary N) is 1. The third-order valence-corrected chi connectivity index (χ3v) is 6.28. The van der Waals surface area contributed by atoms with Gasteiger partial charge in [0.15, 0.2) is 5.78 Å². The fourth-order valence-electron chi connectivity index (χ4n) is 3.29. The lowest BCUT2D eigenvalue weighted by Gasteiger charge is -2.21. The van der Waals surface area contributed by atoms with Crippen molar-refractivity contribution in [1.29, 1.82) is 0 Å². The molecule has 1 aliphatic rings. The molecule has 3 aromatic rings. The summed E-state index contributed by atoms with van der Waals surface area (Å²) in [4.78, 5) is 40.0. The van der Waals surface area contributed by atoms with Crippen molar-refractivity contribution in [2.75, 3.05) is 16.8 Å². The zero-order chi connectivity index (χ0) is 21.3. The van der Waals surface area contributed by atoms with Crippen LogP contribution in [0.3, 0.4) is 0 Å². The smallest absolute Gasteiger partial charge is 0.258 e. The minimum absolute atomic E-state index is 0.0780. The second-order valence-corrected chi connectivity index (χ2v) is 8.53. The summed E-state index contributed by atoms with van der Waals surface area (Å²) in [6, 6.07) is 13.1. The van der Waals surface area contributed by atoms with Crippen molar-refractivity contribution in [1.82, 2.24) is 0 Å². The third-order valence-electron chi connectivity index (χ3n) is 4.78. The molecule has 0 atom stereocenters. The van der Waals surface area contributed by atoms with Gasteiger partial charge in [-0.1, -0.05) is 23.2 Å². The number of rotatable bonds is 3. The Balaban J connectivity index is 1.51. The molecule has 30 heavy (non-hydrogen) atoms. The molecule has 1 N–H and O–H groups in total. The van der Waals surface area contributed by atoms with Gasteiger partial charge in [0, 0.05) is 29.2 Å². The van der Waals surface area contributed by atoms with Gasteiger partial charge in [-0.3, -0.25) is 14.4 Å². The highest BCUT2D eigenvalue weighted by Crippen LogP contribution is 2.32. The van der Waals surface area contributed by atoms with Crippen molar-refractivity contribution in [3.63, 3.8) is 0 Å². The first-order valence-corrected chi connectivity index (χ1v) is 10.9. The highest BCUT2D eigenvalue weighted by molar-refractivity contribution is 7.12. The molecular weight excluding hydrogens is 443 g/mol. The molecule has 0 saturated heterocycles. The summed E-state index contributed by atoms with van der Waals surface area (Å²) in [6.45, 7) is 0.488. The highest BCUT2D eigenvalue weighted by atomic mass is 35.5. The van der Waals surface area contributed by atoms with Crippen LogP contribution in [0.5, 0.6) is 0 Å². The fraction of sp³-hybridized carbons (Fsp3) is 0.136. The summed E-state index contributed by atoms with van der Waals surface area (Å²) in [5, 5.41) is 5.29. The predicted octanol–water partition coefficient (Wildman–Crippen LogP) is 5.93. The standard InChI is InChI=1S/C22H16Cl2N2O3S/c23-14-5-8-16(17(24)12-14)21(28)25-15-6-3-13(4-7-15)22(29)26-10-1-2-19(27)20-18(26)9-11-30-20/h3-9,11-12H,1-2,10H2,(H,25,28). The van der Waals surface area contributed by atoms with Crippen LogP contribution >= 0.6 is 34.5 Å². The predicted molar refractivity (Wildman–Crippen MR) is 120 cm³/mol. The minimum atomic E-state index is -0.371. The van der Waals surface area contributed by atoms with E-state index in [0.717, 1.165) is 0 Å².